The third-order valence-corrected chi connectivity index (χ3v) is 3.70. The van der Waals surface area contributed by atoms with Crippen LogP contribution in [-0.2, 0) is 0 Å². The van der Waals surface area contributed by atoms with E-state index >= 15 is 0 Å². The number of carbonyl (C=O) groups is 1. The molecule has 1 aromatic carbocycles. The molecule has 110 valence electrons. The lowest BCUT2D eigenvalue weighted by atomic mass is 10.1. The average Bonchev–Trinajstić information content (AvgIpc) is 2.40. The number of hydrogen-bond donors (Lipinski definition) is 1. The van der Waals surface area contributed by atoms with Gasteiger partial charge < -0.3 is 9.80 Å². The molecule has 1 aliphatic heterocycles. The number of carbonyl (C=O) groups excluding carboxylic acids is 1. The van der Waals surface area contributed by atoms with E-state index in [2.05, 4.69) is 22.3 Å². The van der Waals surface area contributed by atoms with Crippen molar-refractivity contribution in [3.05, 3.63) is 29.3 Å². The Bertz CT molecular complexity index is 479. The van der Waals surface area contributed by atoms with Crippen molar-refractivity contribution in [2.45, 2.75) is 6.92 Å². The molecule has 0 spiro atoms. The van der Waals surface area contributed by atoms with Gasteiger partial charge in [0.2, 0.25) is 0 Å². The predicted molar refractivity (Wildman–Crippen MR) is 82.0 cm³/mol. The summed E-state index contributed by atoms with van der Waals surface area (Å²) in [5.41, 5.74) is 5.95. The Hall–Kier alpha value is -1.59. The van der Waals surface area contributed by atoms with Crippen molar-refractivity contribution >= 4 is 11.6 Å². The van der Waals surface area contributed by atoms with E-state index in [4.69, 9.17) is 0 Å². The van der Waals surface area contributed by atoms with Crippen LogP contribution < -0.4 is 10.3 Å². The maximum atomic E-state index is 12.2. The van der Waals surface area contributed by atoms with Crippen molar-refractivity contribution in [2.24, 2.45) is 0 Å². The first-order valence-corrected chi connectivity index (χ1v) is 7.00. The van der Waals surface area contributed by atoms with E-state index in [0.717, 1.165) is 37.4 Å². The fraction of sp³-hybridized carbons (Fsp3) is 0.533. The van der Waals surface area contributed by atoms with Gasteiger partial charge in [0.15, 0.2) is 0 Å². The van der Waals surface area contributed by atoms with Crippen molar-refractivity contribution in [1.82, 2.24) is 15.3 Å². The Labute approximate surface area is 121 Å². The Morgan fingerprint density at radius 1 is 1.20 bits per heavy atom. The Balaban J connectivity index is 2.01. The van der Waals surface area contributed by atoms with Gasteiger partial charge in [-0.05, 0) is 37.7 Å². The molecule has 1 fully saturated rings. The predicted octanol–water partition coefficient (Wildman–Crippen LogP) is 0.953. The molecule has 1 aromatic rings. The first-order valence-electron chi connectivity index (χ1n) is 7.00. The summed E-state index contributed by atoms with van der Waals surface area (Å²) in [5.74, 6) is -0.0250. The summed E-state index contributed by atoms with van der Waals surface area (Å²) in [6.45, 7) is 5.74. The van der Waals surface area contributed by atoms with Crippen LogP contribution in [0.2, 0.25) is 0 Å². The zero-order valence-electron chi connectivity index (χ0n) is 12.8. The Kier molecular flexibility index (Phi) is 4.62. The van der Waals surface area contributed by atoms with Crippen molar-refractivity contribution in [1.29, 1.82) is 0 Å². The largest absolute Gasteiger partial charge is 0.377 e. The highest BCUT2D eigenvalue weighted by molar-refractivity contribution is 5.94. The molecule has 0 unspecified atom stereocenters. The van der Waals surface area contributed by atoms with Crippen LogP contribution in [0.15, 0.2) is 18.2 Å². The molecule has 5 heteroatoms. The van der Waals surface area contributed by atoms with Gasteiger partial charge in [-0.2, -0.15) is 0 Å². The van der Waals surface area contributed by atoms with Crippen LogP contribution in [0.5, 0.6) is 0 Å². The minimum atomic E-state index is -0.0250. The first-order chi connectivity index (χ1) is 9.47. The van der Waals surface area contributed by atoms with Crippen LogP contribution in [0.1, 0.15) is 15.9 Å². The smallest absolute Gasteiger partial charge is 0.265 e. The highest BCUT2D eigenvalue weighted by Gasteiger charge is 2.17. The molecule has 0 aromatic heterocycles. The number of rotatable bonds is 3. The lowest BCUT2D eigenvalue weighted by Crippen LogP contribution is -2.52. The van der Waals surface area contributed by atoms with E-state index in [0.29, 0.717) is 5.56 Å². The molecule has 0 saturated carbocycles. The highest BCUT2D eigenvalue weighted by atomic mass is 16.2. The molecular weight excluding hydrogens is 252 g/mol. The lowest BCUT2D eigenvalue weighted by Gasteiger charge is -2.32. The number of nitrogens with zero attached hydrogens (tertiary/aromatic N) is 3. The molecule has 1 amide bonds. The first kappa shape index (κ1) is 14.8. The number of hydrogen-bond acceptors (Lipinski definition) is 4. The molecule has 1 saturated heterocycles. The van der Waals surface area contributed by atoms with Crippen molar-refractivity contribution in [3.63, 3.8) is 0 Å². The number of aryl methyl sites for hydroxylation is 1. The molecule has 5 nitrogen and oxygen atoms in total. The number of anilines is 1. The molecule has 1 N–H and O–H groups in total. The Morgan fingerprint density at radius 3 is 2.40 bits per heavy atom. The van der Waals surface area contributed by atoms with Gasteiger partial charge in [0.05, 0.1) is 0 Å². The van der Waals surface area contributed by atoms with Crippen LogP contribution in [0.25, 0.3) is 0 Å². The van der Waals surface area contributed by atoms with E-state index in [1.165, 1.54) is 0 Å². The van der Waals surface area contributed by atoms with Crippen molar-refractivity contribution in [2.75, 3.05) is 52.2 Å². The van der Waals surface area contributed by atoms with Gasteiger partial charge >= 0.3 is 0 Å². The number of piperazine rings is 1. The quantitative estimate of drug-likeness (QED) is 0.892. The van der Waals surface area contributed by atoms with Gasteiger partial charge in [-0.25, -0.2) is 5.01 Å². The van der Waals surface area contributed by atoms with E-state index < -0.39 is 0 Å². The zero-order chi connectivity index (χ0) is 14.7. The van der Waals surface area contributed by atoms with Crippen LogP contribution in [0, 0.1) is 6.92 Å². The third-order valence-electron chi connectivity index (χ3n) is 3.70. The van der Waals surface area contributed by atoms with Crippen LogP contribution in [-0.4, -0.2) is 63.1 Å². The lowest BCUT2D eigenvalue weighted by molar-refractivity contribution is 0.0662. The summed E-state index contributed by atoms with van der Waals surface area (Å²) in [5, 5.41) is 2.00. The molecule has 0 aliphatic carbocycles. The highest BCUT2D eigenvalue weighted by Crippen LogP contribution is 2.19. The summed E-state index contributed by atoms with van der Waals surface area (Å²) in [7, 11) is 6.11. The summed E-state index contributed by atoms with van der Waals surface area (Å²) in [4.78, 5) is 16.6. The number of nitrogens with one attached hydrogen (secondary N) is 1. The molecule has 0 radical (unpaired) electrons. The van der Waals surface area contributed by atoms with Gasteiger partial charge in [-0.1, -0.05) is 0 Å². The number of hydrazine groups is 1. The van der Waals surface area contributed by atoms with Gasteiger partial charge in [-0.15, -0.1) is 0 Å². The second-order valence-electron chi connectivity index (χ2n) is 5.63. The van der Waals surface area contributed by atoms with E-state index in [1.807, 2.05) is 44.2 Å². The normalized spacial score (nSPS) is 17.0. The summed E-state index contributed by atoms with van der Waals surface area (Å²) in [6.07, 6.45) is 0. The summed E-state index contributed by atoms with van der Waals surface area (Å²) in [6, 6.07) is 5.82. The number of likely N-dealkylation sites (N-methyl/N-ethyl adjacent to an activating group) is 1. The molecule has 1 heterocycles. The fourth-order valence-electron chi connectivity index (χ4n) is 2.42. The Morgan fingerprint density at radius 2 is 1.85 bits per heavy atom. The van der Waals surface area contributed by atoms with E-state index in [9.17, 15) is 4.79 Å². The third kappa shape index (κ3) is 3.49. The van der Waals surface area contributed by atoms with Crippen LogP contribution in [0.3, 0.4) is 0 Å². The second kappa shape index (κ2) is 6.24. The molecule has 1 aliphatic rings. The standard InChI is InChI=1S/C15H24N4O/c1-12-11-13(5-6-14(12)17(2)3)15(20)16-19-9-7-18(4)8-10-19/h5-6,11H,7-10H2,1-4H3,(H,16,20). The van der Waals surface area contributed by atoms with Crippen molar-refractivity contribution < 1.29 is 4.79 Å². The van der Waals surface area contributed by atoms with Gasteiger partial charge in [0, 0.05) is 51.5 Å². The zero-order valence-corrected chi connectivity index (χ0v) is 12.8. The monoisotopic (exact) mass is 276 g/mol. The summed E-state index contributed by atoms with van der Waals surface area (Å²) >= 11 is 0. The van der Waals surface area contributed by atoms with Crippen molar-refractivity contribution in [3.8, 4) is 0 Å². The average molecular weight is 276 g/mol. The minimum absolute atomic E-state index is 0.0250. The van der Waals surface area contributed by atoms with E-state index in [1.54, 1.807) is 0 Å². The number of amides is 1. The molecule has 0 atom stereocenters. The van der Waals surface area contributed by atoms with E-state index in [-0.39, 0.29) is 5.91 Å². The fourth-order valence-corrected chi connectivity index (χ4v) is 2.42. The maximum Gasteiger partial charge on any atom is 0.265 e. The minimum Gasteiger partial charge on any atom is -0.377 e. The topological polar surface area (TPSA) is 38.8 Å². The maximum absolute atomic E-state index is 12.2. The molecular formula is C15H24N4O. The SMILES string of the molecule is Cc1cc(C(=O)NN2CCN(C)CC2)ccc1N(C)C. The molecule has 20 heavy (non-hydrogen) atoms. The van der Waals surface area contributed by atoms with Crippen LogP contribution >= 0.6 is 0 Å². The molecule has 0 bridgehead atoms. The van der Waals surface area contributed by atoms with Gasteiger partial charge in [-0.3, -0.25) is 10.2 Å². The second-order valence-corrected chi connectivity index (χ2v) is 5.63. The summed E-state index contributed by atoms with van der Waals surface area (Å²) < 4.78 is 0. The van der Waals surface area contributed by atoms with Gasteiger partial charge in [0.1, 0.15) is 0 Å². The molecule has 2 rings (SSSR count). The van der Waals surface area contributed by atoms with Gasteiger partial charge in [0.25, 0.3) is 5.91 Å². The number of benzene rings is 1. The van der Waals surface area contributed by atoms with Crippen LogP contribution in [0.4, 0.5) is 5.69 Å².